The van der Waals surface area contributed by atoms with Gasteiger partial charge in [0.2, 0.25) is 11.8 Å². The van der Waals surface area contributed by atoms with Gasteiger partial charge in [0.05, 0.1) is 18.6 Å². The summed E-state index contributed by atoms with van der Waals surface area (Å²) in [6, 6.07) is 8.92. The Hall–Kier alpha value is -2.54. The van der Waals surface area contributed by atoms with Crippen molar-refractivity contribution >= 4 is 29.3 Å². The van der Waals surface area contributed by atoms with Crippen molar-refractivity contribution < 1.29 is 14.3 Å². The van der Waals surface area contributed by atoms with E-state index in [1.54, 1.807) is 24.4 Å². The quantitative estimate of drug-likeness (QED) is 0.897. The fourth-order valence-electron chi connectivity index (χ4n) is 2.24. The number of aromatic nitrogens is 1. The van der Waals surface area contributed by atoms with E-state index in [-0.39, 0.29) is 11.8 Å². The average molecular weight is 329 g/mol. The number of methoxy groups -OCH3 is 1. The minimum Gasteiger partial charge on any atom is -0.481 e. The number of nitrogens with one attached hydrogen (secondary N) is 2. The van der Waals surface area contributed by atoms with E-state index < -0.39 is 0 Å². The van der Waals surface area contributed by atoms with Gasteiger partial charge in [0, 0.05) is 28.8 Å². The molecule has 2 N–H and O–H groups in total. The zero-order chi connectivity index (χ0) is 16.2. The van der Waals surface area contributed by atoms with E-state index in [4.69, 9.17) is 4.74 Å². The molecule has 7 heteroatoms. The van der Waals surface area contributed by atoms with Gasteiger partial charge in [-0.3, -0.25) is 9.59 Å². The third-order valence-electron chi connectivity index (χ3n) is 3.36. The highest BCUT2D eigenvalue weighted by atomic mass is 32.2. The summed E-state index contributed by atoms with van der Waals surface area (Å²) in [7, 11) is 1.54. The first-order valence-electron chi connectivity index (χ1n) is 7.00. The number of pyridine rings is 1. The lowest BCUT2D eigenvalue weighted by atomic mass is 10.1. The number of benzene rings is 1. The van der Waals surface area contributed by atoms with Crippen molar-refractivity contribution in [3.05, 3.63) is 47.7 Å². The van der Waals surface area contributed by atoms with E-state index in [1.807, 2.05) is 12.1 Å². The van der Waals surface area contributed by atoms with Crippen molar-refractivity contribution in [1.29, 1.82) is 0 Å². The first-order chi connectivity index (χ1) is 11.2. The molecule has 1 aromatic heterocycles. The number of rotatable bonds is 4. The number of carbonyl (C=O) groups excluding carboxylic acids is 2. The smallest absolute Gasteiger partial charge is 0.251 e. The summed E-state index contributed by atoms with van der Waals surface area (Å²) in [5, 5.41) is 5.61. The number of ether oxygens (including phenoxy) is 1. The molecule has 0 aliphatic carbocycles. The molecule has 0 fully saturated rings. The van der Waals surface area contributed by atoms with E-state index in [2.05, 4.69) is 15.6 Å². The Morgan fingerprint density at radius 2 is 2.30 bits per heavy atom. The third kappa shape index (κ3) is 3.45. The molecule has 2 amide bonds. The molecule has 23 heavy (non-hydrogen) atoms. The van der Waals surface area contributed by atoms with Crippen LogP contribution in [-0.2, 0) is 11.3 Å². The van der Waals surface area contributed by atoms with Crippen molar-refractivity contribution in [3.8, 4) is 5.88 Å². The van der Waals surface area contributed by atoms with Gasteiger partial charge >= 0.3 is 0 Å². The number of amides is 2. The van der Waals surface area contributed by atoms with Crippen molar-refractivity contribution in [1.82, 2.24) is 10.3 Å². The molecular formula is C16H15N3O3S. The third-order valence-corrected chi connectivity index (χ3v) is 4.43. The maximum absolute atomic E-state index is 12.3. The Kier molecular flexibility index (Phi) is 4.47. The Labute approximate surface area is 137 Å². The molecular weight excluding hydrogens is 314 g/mol. The van der Waals surface area contributed by atoms with Gasteiger partial charge in [-0.05, 0) is 24.3 Å². The summed E-state index contributed by atoms with van der Waals surface area (Å²) in [6.45, 7) is 0.314. The molecule has 0 bridgehead atoms. The minimum atomic E-state index is -0.219. The van der Waals surface area contributed by atoms with E-state index in [0.29, 0.717) is 29.4 Å². The second-order valence-corrected chi connectivity index (χ2v) is 5.92. The molecule has 0 saturated carbocycles. The summed E-state index contributed by atoms with van der Waals surface area (Å²) in [5.74, 6) is 0.616. The fourth-order valence-corrected chi connectivity index (χ4v) is 3.03. The van der Waals surface area contributed by atoms with Crippen LogP contribution in [0.2, 0.25) is 0 Å². The molecule has 118 valence electrons. The van der Waals surface area contributed by atoms with Crippen LogP contribution in [0.1, 0.15) is 15.9 Å². The molecule has 0 radical (unpaired) electrons. The zero-order valence-electron chi connectivity index (χ0n) is 12.5. The summed E-state index contributed by atoms with van der Waals surface area (Å²) >= 11 is 1.46. The summed E-state index contributed by atoms with van der Waals surface area (Å²) < 4.78 is 5.16. The molecule has 3 rings (SSSR count). The number of carbonyl (C=O) groups is 2. The minimum absolute atomic E-state index is 0.0554. The van der Waals surface area contributed by atoms with Gasteiger partial charge in [0.1, 0.15) is 0 Å². The van der Waals surface area contributed by atoms with Crippen LogP contribution >= 0.6 is 11.8 Å². The average Bonchev–Trinajstić information content (AvgIpc) is 2.59. The van der Waals surface area contributed by atoms with Crippen LogP contribution in [0.25, 0.3) is 0 Å². The first-order valence-corrected chi connectivity index (χ1v) is 7.98. The predicted octanol–water partition coefficient (Wildman–Crippen LogP) is 2.06. The maximum atomic E-state index is 12.3. The van der Waals surface area contributed by atoms with Gasteiger partial charge in [-0.15, -0.1) is 11.8 Å². The van der Waals surface area contributed by atoms with Crippen molar-refractivity contribution in [3.63, 3.8) is 0 Å². The van der Waals surface area contributed by atoms with Gasteiger partial charge in [0.25, 0.3) is 5.91 Å². The van der Waals surface area contributed by atoms with Crippen LogP contribution < -0.4 is 15.4 Å². The summed E-state index contributed by atoms with van der Waals surface area (Å²) in [4.78, 5) is 28.8. The molecule has 0 spiro atoms. The van der Waals surface area contributed by atoms with E-state index >= 15 is 0 Å². The zero-order valence-corrected chi connectivity index (χ0v) is 13.3. The number of thioether (sulfide) groups is 1. The molecule has 2 heterocycles. The van der Waals surface area contributed by atoms with E-state index in [0.717, 1.165) is 10.5 Å². The first kappa shape index (κ1) is 15.4. The molecule has 6 nitrogen and oxygen atoms in total. The highest BCUT2D eigenvalue weighted by Gasteiger charge is 2.17. The predicted molar refractivity (Wildman–Crippen MR) is 87.8 cm³/mol. The van der Waals surface area contributed by atoms with E-state index in [9.17, 15) is 9.59 Å². The Bertz CT molecular complexity index is 764. The number of hydrogen-bond acceptors (Lipinski definition) is 5. The normalized spacial score (nSPS) is 13.0. The molecule has 2 aromatic rings. The molecule has 0 atom stereocenters. The largest absolute Gasteiger partial charge is 0.481 e. The highest BCUT2D eigenvalue weighted by Crippen LogP contribution is 2.31. The second-order valence-electron chi connectivity index (χ2n) is 4.90. The number of hydrogen-bond donors (Lipinski definition) is 2. The van der Waals surface area contributed by atoms with Crippen LogP contribution in [-0.4, -0.2) is 29.7 Å². The SMILES string of the molecule is COc1ncccc1CNC(=O)c1ccc2c(c1)NC(=O)CS2. The standard InChI is InChI=1S/C16H15N3O3S/c1-22-16-11(3-2-6-17-16)8-18-15(21)10-4-5-13-12(7-10)19-14(20)9-23-13/h2-7H,8-9H2,1H3,(H,18,21)(H,19,20). The van der Waals surface area contributed by atoms with Crippen LogP contribution in [0, 0.1) is 0 Å². The number of anilines is 1. The number of fused-ring (bicyclic) bond motifs is 1. The monoisotopic (exact) mass is 329 g/mol. The Morgan fingerprint density at radius 3 is 3.13 bits per heavy atom. The summed E-state index contributed by atoms with van der Waals surface area (Å²) in [6.07, 6.45) is 1.63. The lowest BCUT2D eigenvalue weighted by Gasteiger charge is -2.17. The van der Waals surface area contributed by atoms with Crippen molar-refractivity contribution in [2.45, 2.75) is 11.4 Å². The molecule has 1 aliphatic heterocycles. The molecule has 1 aliphatic rings. The van der Waals surface area contributed by atoms with E-state index in [1.165, 1.54) is 18.9 Å². The lowest BCUT2D eigenvalue weighted by molar-refractivity contribution is -0.113. The molecule has 0 saturated heterocycles. The van der Waals surface area contributed by atoms with Crippen molar-refractivity contribution in [2.75, 3.05) is 18.2 Å². The highest BCUT2D eigenvalue weighted by molar-refractivity contribution is 8.00. The fraction of sp³-hybridized carbons (Fsp3) is 0.188. The van der Waals surface area contributed by atoms with Crippen LogP contribution in [0.15, 0.2) is 41.4 Å². The molecule has 1 aromatic carbocycles. The molecule has 0 unspecified atom stereocenters. The maximum Gasteiger partial charge on any atom is 0.251 e. The lowest BCUT2D eigenvalue weighted by Crippen LogP contribution is -2.24. The van der Waals surface area contributed by atoms with Gasteiger partial charge in [-0.1, -0.05) is 6.07 Å². The Balaban J connectivity index is 1.71. The second kappa shape index (κ2) is 6.70. The Morgan fingerprint density at radius 1 is 1.43 bits per heavy atom. The van der Waals surface area contributed by atoms with Crippen LogP contribution in [0.5, 0.6) is 5.88 Å². The summed E-state index contributed by atoms with van der Waals surface area (Å²) in [5.41, 5.74) is 1.97. The van der Waals surface area contributed by atoms with Gasteiger partial charge < -0.3 is 15.4 Å². The topological polar surface area (TPSA) is 80.3 Å². The van der Waals surface area contributed by atoms with Gasteiger partial charge in [-0.2, -0.15) is 0 Å². The van der Waals surface area contributed by atoms with Gasteiger partial charge in [0.15, 0.2) is 0 Å². The number of nitrogens with zero attached hydrogens (tertiary/aromatic N) is 1. The van der Waals surface area contributed by atoms with Gasteiger partial charge in [-0.25, -0.2) is 4.98 Å². The van der Waals surface area contributed by atoms with Crippen LogP contribution in [0.3, 0.4) is 0 Å². The van der Waals surface area contributed by atoms with Crippen molar-refractivity contribution in [2.24, 2.45) is 0 Å². The van der Waals surface area contributed by atoms with Crippen LogP contribution in [0.4, 0.5) is 5.69 Å².